The molecule has 9 heteroatoms. The van der Waals surface area contributed by atoms with Crippen LogP contribution in [0.25, 0.3) is 22.0 Å². The molecule has 1 aliphatic heterocycles. The molecule has 0 saturated carbocycles. The van der Waals surface area contributed by atoms with Crippen LogP contribution in [0.2, 0.25) is 0 Å². The largest absolute Gasteiger partial charge is 0.454 e. The van der Waals surface area contributed by atoms with Crippen molar-refractivity contribution in [3.63, 3.8) is 0 Å². The van der Waals surface area contributed by atoms with Crippen LogP contribution in [0.1, 0.15) is 30.3 Å². The van der Waals surface area contributed by atoms with Gasteiger partial charge in [-0.3, -0.25) is 0 Å². The first-order chi connectivity index (χ1) is 14.6. The first-order valence-electron chi connectivity index (χ1n) is 9.54. The predicted octanol–water partition coefficient (Wildman–Crippen LogP) is 5.81. The van der Waals surface area contributed by atoms with Gasteiger partial charge in [0.1, 0.15) is 5.01 Å². The second kappa shape index (κ2) is 8.05. The smallest absolute Gasteiger partial charge is 0.231 e. The van der Waals surface area contributed by atoms with Crippen molar-refractivity contribution in [2.75, 3.05) is 6.79 Å². The lowest BCUT2D eigenvalue weighted by Gasteiger charge is -2.02. The highest BCUT2D eigenvalue weighted by Gasteiger charge is 2.17. The van der Waals surface area contributed by atoms with E-state index in [0.717, 1.165) is 50.1 Å². The number of hydrogen-bond donors (Lipinski definition) is 0. The molecule has 30 heavy (non-hydrogen) atoms. The molecule has 0 N–H and O–H groups in total. The van der Waals surface area contributed by atoms with Crippen molar-refractivity contribution in [3.8, 4) is 33.5 Å². The summed E-state index contributed by atoms with van der Waals surface area (Å²) in [6.45, 7) is 4.70. The van der Waals surface area contributed by atoms with Crippen molar-refractivity contribution in [3.05, 3.63) is 45.6 Å². The van der Waals surface area contributed by atoms with Crippen molar-refractivity contribution in [2.45, 2.75) is 30.7 Å². The zero-order valence-electron chi connectivity index (χ0n) is 16.8. The minimum absolute atomic E-state index is 0.280. The number of thiophene rings is 1. The maximum atomic E-state index is 5.47. The van der Waals surface area contributed by atoms with Gasteiger partial charge < -0.3 is 14.0 Å². The van der Waals surface area contributed by atoms with E-state index in [1.54, 1.807) is 34.4 Å². The molecular weight excluding hydrogens is 436 g/mol. The number of aromatic nitrogens is 4. The zero-order chi connectivity index (χ0) is 20.7. The van der Waals surface area contributed by atoms with Crippen LogP contribution in [-0.4, -0.2) is 26.5 Å². The number of ether oxygens (including phenoxy) is 2. The molecule has 0 unspecified atom stereocenters. The van der Waals surface area contributed by atoms with E-state index < -0.39 is 0 Å². The third-order valence-corrected chi connectivity index (χ3v) is 8.03. The van der Waals surface area contributed by atoms with E-state index in [4.69, 9.17) is 14.5 Å². The summed E-state index contributed by atoms with van der Waals surface area (Å²) in [5.41, 5.74) is 3.20. The molecule has 154 valence electrons. The molecule has 3 aromatic heterocycles. The van der Waals surface area contributed by atoms with Gasteiger partial charge in [0.15, 0.2) is 22.5 Å². The van der Waals surface area contributed by atoms with Crippen molar-refractivity contribution in [1.29, 1.82) is 0 Å². The number of nitrogens with zero attached hydrogens (tertiary/aromatic N) is 4. The molecule has 0 bridgehead atoms. The van der Waals surface area contributed by atoms with Crippen LogP contribution in [0.5, 0.6) is 11.5 Å². The minimum atomic E-state index is 0.280. The molecule has 0 aliphatic carbocycles. The van der Waals surface area contributed by atoms with E-state index in [1.807, 2.05) is 25.2 Å². The Balaban J connectivity index is 1.28. The Morgan fingerprint density at radius 2 is 1.93 bits per heavy atom. The highest BCUT2D eigenvalue weighted by atomic mass is 32.2. The maximum absolute atomic E-state index is 5.47. The van der Waals surface area contributed by atoms with Crippen molar-refractivity contribution < 1.29 is 9.47 Å². The molecule has 0 fully saturated rings. The van der Waals surface area contributed by atoms with Gasteiger partial charge in [-0.1, -0.05) is 25.6 Å². The average Bonchev–Trinajstić information content (AvgIpc) is 3.52. The number of thiazole rings is 1. The average molecular weight is 457 g/mol. The van der Waals surface area contributed by atoms with Crippen molar-refractivity contribution >= 4 is 34.4 Å². The lowest BCUT2D eigenvalue weighted by atomic mass is 10.1. The van der Waals surface area contributed by atoms with Crippen molar-refractivity contribution in [2.24, 2.45) is 7.05 Å². The first kappa shape index (κ1) is 19.6. The van der Waals surface area contributed by atoms with E-state index >= 15 is 0 Å². The van der Waals surface area contributed by atoms with Crippen LogP contribution in [0.15, 0.2) is 40.2 Å². The number of rotatable bonds is 6. The van der Waals surface area contributed by atoms with Gasteiger partial charge in [-0.15, -0.1) is 32.9 Å². The third kappa shape index (κ3) is 3.73. The number of benzene rings is 1. The van der Waals surface area contributed by atoms with Gasteiger partial charge in [0, 0.05) is 39.6 Å². The molecule has 5 rings (SSSR count). The minimum Gasteiger partial charge on any atom is -0.454 e. The second-order valence-corrected chi connectivity index (χ2v) is 10.0. The quantitative estimate of drug-likeness (QED) is 0.341. The predicted molar refractivity (Wildman–Crippen MR) is 122 cm³/mol. The summed E-state index contributed by atoms with van der Waals surface area (Å²) in [6.07, 6.45) is 0. The van der Waals surface area contributed by atoms with E-state index in [-0.39, 0.29) is 6.79 Å². The molecule has 0 atom stereocenters. The van der Waals surface area contributed by atoms with E-state index in [9.17, 15) is 0 Å². The third-order valence-electron chi connectivity index (χ3n) is 4.80. The Hall–Kier alpha value is -2.36. The fourth-order valence-corrected chi connectivity index (χ4v) is 5.77. The fraction of sp³-hybridized carbons (Fsp3) is 0.286. The van der Waals surface area contributed by atoms with Gasteiger partial charge in [0.25, 0.3) is 0 Å². The molecule has 0 saturated heterocycles. The topological polar surface area (TPSA) is 62.1 Å². The van der Waals surface area contributed by atoms with E-state index in [2.05, 4.69) is 45.4 Å². The molecule has 0 spiro atoms. The maximum Gasteiger partial charge on any atom is 0.231 e. The Kier molecular flexibility index (Phi) is 5.26. The summed E-state index contributed by atoms with van der Waals surface area (Å²) < 4.78 is 12.9. The molecule has 1 aromatic carbocycles. The van der Waals surface area contributed by atoms with Gasteiger partial charge >= 0.3 is 0 Å². The highest BCUT2D eigenvalue weighted by molar-refractivity contribution is 7.98. The normalized spacial score (nSPS) is 12.8. The monoisotopic (exact) mass is 456 g/mol. The van der Waals surface area contributed by atoms with Gasteiger partial charge in [0.05, 0.1) is 5.69 Å². The van der Waals surface area contributed by atoms with Gasteiger partial charge in [0.2, 0.25) is 6.79 Å². The molecule has 4 heterocycles. The summed E-state index contributed by atoms with van der Waals surface area (Å²) in [6, 6.07) is 8.15. The van der Waals surface area contributed by atoms with Crippen LogP contribution in [0.3, 0.4) is 0 Å². The van der Waals surface area contributed by atoms with Gasteiger partial charge in [-0.25, -0.2) is 4.98 Å². The SMILES string of the molecule is CC(C)c1cc(-c2nnc(SCc3csc(-c4ccc5c(c4)OCO5)n3)n2C)cs1. The highest BCUT2D eigenvalue weighted by Crippen LogP contribution is 2.37. The van der Waals surface area contributed by atoms with Crippen LogP contribution in [0.4, 0.5) is 0 Å². The van der Waals surface area contributed by atoms with E-state index in [1.165, 1.54) is 4.88 Å². The fourth-order valence-electron chi connectivity index (χ4n) is 3.14. The lowest BCUT2D eigenvalue weighted by molar-refractivity contribution is 0.174. The summed E-state index contributed by atoms with van der Waals surface area (Å²) in [5.74, 6) is 3.73. The van der Waals surface area contributed by atoms with Gasteiger partial charge in [-0.05, 0) is 30.2 Å². The number of thioether (sulfide) groups is 1. The van der Waals surface area contributed by atoms with Gasteiger partial charge in [-0.2, -0.15) is 0 Å². The molecular formula is C21H20N4O2S3. The Bertz CT molecular complexity index is 1190. The molecule has 1 aliphatic rings. The summed E-state index contributed by atoms with van der Waals surface area (Å²) in [5, 5.41) is 14.9. The lowest BCUT2D eigenvalue weighted by Crippen LogP contribution is -1.94. The van der Waals surface area contributed by atoms with Crippen LogP contribution >= 0.6 is 34.4 Å². The van der Waals surface area contributed by atoms with Crippen LogP contribution in [-0.2, 0) is 12.8 Å². The first-order valence-corrected chi connectivity index (χ1v) is 12.3. The molecule has 6 nitrogen and oxygen atoms in total. The number of fused-ring (bicyclic) bond motifs is 1. The summed E-state index contributed by atoms with van der Waals surface area (Å²) in [7, 11) is 2.02. The van der Waals surface area contributed by atoms with Crippen LogP contribution < -0.4 is 9.47 Å². The molecule has 4 aromatic rings. The van der Waals surface area contributed by atoms with Crippen molar-refractivity contribution in [1.82, 2.24) is 19.7 Å². The second-order valence-electron chi connectivity index (χ2n) is 7.26. The zero-order valence-corrected chi connectivity index (χ0v) is 19.2. The van der Waals surface area contributed by atoms with E-state index in [0.29, 0.717) is 5.92 Å². The summed E-state index contributed by atoms with van der Waals surface area (Å²) in [4.78, 5) is 6.15. The molecule has 0 radical (unpaired) electrons. The standard InChI is InChI=1S/C21H20N4O2S3/c1-12(2)18-7-14(8-28-18)19-23-24-21(25(19)3)30-10-15-9-29-20(22-15)13-4-5-16-17(6-13)27-11-26-16/h4-9,12H,10-11H2,1-3H3. The Morgan fingerprint density at radius 3 is 2.77 bits per heavy atom. The molecule has 0 amide bonds. The number of hydrogen-bond acceptors (Lipinski definition) is 8. The van der Waals surface area contributed by atoms with Crippen LogP contribution in [0, 0.1) is 0 Å². The Labute approximate surface area is 186 Å². The Morgan fingerprint density at radius 1 is 1.07 bits per heavy atom. The summed E-state index contributed by atoms with van der Waals surface area (Å²) >= 11 is 5.06.